The molecular formula is C12H12ClNO3S. The average molecular weight is 286 g/mol. The molecule has 1 heterocycles. The van der Waals surface area contributed by atoms with Crippen molar-refractivity contribution in [3.8, 4) is 11.3 Å². The highest BCUT2D eigenvalue weighted by Crippen LogP contribution is 2.29. The summed E-state index contributed by atoms with van der Waals surface area (Å²) in [5, 5.41) is 0. The molecule has 0 radical (unpaired) electrons. The molecule has 0 aliphatic heterocycles. The molecule has 0 saturated carbocycles. The highest BCUT2D eigenvalue weighted by atomic mass is 35.7. The van der Waals surface area contributed by atoms with Crippen molar-refractivity contribution in [2.45, 2.75) is 25.7 Å². The Morgan fingerprint density at radius 2 is 1.83 bits per heavy atom. The number of hydrogen-bond donors (Lipinski definition) is 0. The van der Waals surface area contributed by atoms with Gasteiger partial charge in [0.2, 0.25) is 0 Å². The first-order valence-corrected chi connectivity index (χ1v) is 7.58. The molecule has 0 aliphatic rings. The van der Waals surface area contributed by atoms with Gasteiger partial charge in [-0.05, 0) is 31.0 Å². The SMILES string of the molecule is Cc1nc(-c2cc(S(=O)(=O)Cl)c(C)cc2C)co1. The second-order valence-corrected chi connectivity index (χ2v) is 6.66. The number of benzene rings is 1. The quantitative estimate of drug-likeness (QED) is 0.795. The van der Waals surface area contributed by atoms with Gasteiger partial charge in [-0.3, -0.25) is 0 Å². The van der Waals surface area contributed by atoms with Gasteiger partial charge < -0.3 is 4.42 Å². The Kier molecular flexibility index (Phi) is 3.21. The lowest BCUT2D eigenvalue weighted by molar-refractivity contribution is 0.521. The van der Waals surface area contributed by atoms with Crippen molar-refractivity contribution < 1.29 is 12.8 Å². The van der Waals surface area contributed by atoms with Crippen LogP contribution in [0.1, 0.15) is 17.0 Å². The summed E-state index contributed by atoms with van der Waals surface area (Å²) in [6, 6.07) is 3.30. The highest BCUT2D eigenvalue weighted by molar-refractivity contribution is 8.13. The molecule has 0 unspecified atom stereocenters. The normalized spacial score (nSPS) is 11.8. The van der Waals surface area contributed by atoms with E-state index in [1.807, 2.05) is 6.92 Å². The summed E-state index contributed by atoms with van der Waals surface area (Å²) in [6.45, 7) is 5.32. The van der Waals surface area contributed by atoms with E-state index in [0.717, 1.165) is 5.56 Å². The Morgan fingerprint density at radius 3 is 2.33 bits per heavy atom. The fraction of sp³-hybridized carbons (Fsp3) is 0.250. The molecule has 18 heavy (non-hydrogen) atoms. The standard InChI is InChI=1S/C12H12ClNO3S/c1-7-4-8(2)12(18(13,15)16)5-10(7)11-6-17-9(3)14-11/h4-6H,1-3H3. The van der Waals surface area contributed by atoms with Crippen LogP contribution in [0.25, 0.3) is 11.3 Å². The summed E-state index contributed by atoms with van der Waals surface area (Å²) in [7, 11) is 1.65. The maximum Gasteiger partial charge on any atom is 0.261 e. The van der Waals surface area contributed by atoms with E-state index in [1.54, 1.807) is 19.9 Å². The third kappa shape index (κ3) is 2.42. The van der Waals surface area contributed by atoms with E-state index in [9.17, 15) is 8.42 Å². The zero-order valence-electron chi connectivity index (χ0n) is 10.2. The van der Waals surface area contributed by atoms with Crippen LogP contribution in [-0.4, -0.2) is 13.4 Å². The molecule has 0 aliphatic carbocycles. The van der Waals surface area contributed by atoms with Crippen molar-refractivity contribution in [1.82, 2.24) is 4.98 Å². The topological polar surface area (TPSA) is 60.2 Å². The van der Waals surface area contributed by atoms with E-state index in [1.165, 1.54) is 12.3 Å². The Bertz CT molecular complexity index is 704. The first-order valence-electron chi connectivity index (χ1n) is 5.27. The summed E-state index contributed by atoms with van der Waals surface area (Å²) in [5.41, 5.74) is 2.85. The van der Waals surface area contributed by atoms with E-state index < -0.39 is 9.05 Å². The van der Waals surface area contributed by atoms with Gasteiger partial charge in [0, 0.05) is 23.2 Å². The molecule has 0 amide bonds. The maximum atomic E-state index is 11.5. The summed E-state index contributed by atoms with van der Waals surface area (Å²) in [6.07, 6.45) is 1.50. The second-order valence-electron chi connectivity index (χ2n) is 4.12. The second kappa shape index (κ2) is 4.40. The molecule has 96 valence electrons. The molecule has 2 rings (SSSR count). The minimum atomic E-state index is -3.76. The van der Waals surface area contributed by atoms with Crippen LogP contribution in [0.4, 0.5) is 0 Å². The van der Waals surface area contributed by atoms with Crippen LogP contribution >= 0.6 is 10.7 Å². The van der Waals surface area contributed by atoms with Crippen molar-refractivity contribution in [3.05, 3.63) is 35.4 Å². The van der Waals surface area contributed by atoms with Gasteiger partial charge in [0.15, 0.2) is 5.89 Å². The minimum Gasteiger partial charge on any atom is -0.449 e. The molecule has 4 nitrogen and oxygen atoms in total. The van der Waals surface area contributed by atoms with Gasteiger partial charge in [0.25, 0.3) is 9.05 Å². The molecule has 0 spiro atoms. The summed E-state index contributed by atoms with van der Waals surface area (Å²) < 4.78 is 28.1. The molecule has 0 N–H and O–H groups in total. The maximum absolute atomic E-state index is 11.5. The van der Waals surface area contributed by atoms with Crippen LogP contribution < -0.4 is 0 Å². The predicted octanol–water partition coefficient (Wildman–Crippen LogP) is 3.19. The Labute approximate surface area is 110 Å². The molecule has 0 atom stereocenters. The van der Waals surface area contributed by atoms with Crippen molar-refractivity contribution in [1.29, 1.82) is 0 Å². The number of aryl methyl sites for hydroxylation is 3. The summed E-state index contributed by atoms with van der Waals surface area (Å²) in [4.78, 5) is 4.29. The molecule has 0 saturated heterocycles. The Balaban J connectivity index is 2.70. The first kappa shape index (κ1) is 13.1. The third-order valence-corrected chi connectivity index (χ3v) is 4.14. The first-order chi connectivity index (χ1) is 8.29. The van der Waals surface area contributed by atoms with E-state index in [-0.39, 0.29) is 4.90 Å². The van der Waals surface area contributed by atoms with Crippen LogP contribution in [0.2, 0.25) is 0 Å². The van der Waals surface area contributed by atoms with Crippen molar-refractivity contribution in [2.24, 2.45) is 0 Å². The Hall–Kier alpha value is -1.33. The van der Waals surface area contributed by atoms with Gasteiger partial charge in [-0.1, -0.05) is 6.07 Å². The largest absolute Gasteiger partial charge is 0.449 e. The molecular weight excluding hydrogens is 274 g/mol. The molecule has 1 aromatic carbocycles. The van der Waals surface area contributed by atoms with E-state index in [0.29, 0.717) is 22.7 Å². The number of rotatable bonds is 2. The molecule has 6 heteroatoms. The fourth-order valence-corrected chi connectivity index (χ4v) is 3.06. The third-order valence-electron chi connectivity index (χ3n) is 2.68. The van der Waals surface area contributed by atoms with Crippen LogP contribution in [0.15, 0.2) is 27.7 Å². The lowest BCUT2D eigenvalue weighted by Crippen LogP contribution is -1.97. The molecule has 1 aromatic heterocycles. The van der Waals surface area contributed by atoms with Crippen LogP contribution in [0.5, 0.6) is 0 Å². The van der Waals surface area contributed by atoms with Crippen molar-refractivity contribution in [2.75, 3.05) is 0 Å². The van der Waals surface area contributed by atoms with Gasteiger partial charge in [-0.2, -0.15) is 0 Å². The number of oxazole rings is 1. The zero-order valence-corrected chi connectivity index (χ0v) is 11.8. The number of halogens is 1. The van der Waals surface area contributed by atoms with E-state index in [2.05, 4.69) is 4.98 Å². The van der Waals surface area contributed by atoms with Gasteiger partial charge >= 0.3 is 0 Å². The predicted molar refractivity (Wildman–Crippen MR) is 69.2 cm³/mol. The summed E-state index contributed by atoms with van der Waals surface area (Å²) >= 11 is 0. The molecule has 0 bridgehead atoms. The molecule has 0 fully saturated rings. The van der Waals surface area contributed by atoms with Gasteiger partial charge in [-0.15, -0.1) is 0 Å². The average Bonchev–Trinajstić information content (AvgIpc) is 2.62. The smallest absolute Gasteiger partial charge is 0.261 e. The van der Waals surface area contributed by atoms with E-state index in [4.69, 9.17) is 15.1 Å². The molecule has 2 aromatic rings. The number of hydrogen-bond acceptors (Lipinski definition) is 4. The minimum absolute atomic E-state index is 0.102. The van der Waals surface area contributed by atoms with Crippen molar-refractivity contribution >= 4 is 19.7 Å². The van der Waals surface area contributed by atoms with Gasteiger partial charge in [-0.25, -0.2) is 13.4 Å². The zero-order chi connectivity index (χ0) is 13.5. The van der Waals surface area contributed by atoms with Crippen LogP contribution in [0.3, 0.4) is 0 Å². The fourth-order valence-electron chi connectivity index (χ4n) is 1.86. The lowest BCUT2D eigenvalue weighted by atomic mass is 10.0. The van der Waals surface area contributed by atoms with E-state index >= 15 is 0 Å². The highest BCUT2D eigenvalue weighted by Gasteiger charge is 2.17. The Morgan fingerprint density at radius 1 is 1.17 bits per heavy atom. The lowest BCUT2D eigenvalue weighted by Gasteiger charge is -2.08. The van der Waals surface area contributed by atoms with Crippen molar-refractivity contribution in [3.63, 3.8) is 0 Å². The monoisotopic (exact) mass is 285 g/mol. The van der Waals surface area contributed by atoms with Gasteiger partial charge in [0.05, 0.1) is 4.90 Å². The number of nitrogens with zero attached hydrogens (tertiary/aromatic N) is 1. The van der Waals surface area contributed by atoms with Gasteiger partial charge in [0.1, 0.15) is 12.0 Å². The van der Waals surface area contributed by atoms with Crippen LogP contribution in [-0.2, 0) is 9.05 Å². The number of aromatic nitrogens is 1. The summed E-state index contributed by atoms with van der Waals surface area (Å²) in [5.74, 6) is 0.528. The van der Waals surface area contributed by atoms with Crippen LogP contribution in [0, 0.1) is 20.8 Å².